The molecule has 7 heteroatoms. The summed E-state index contributed by atoms with van der Waals surface area (Å²) in [6, 6.07) is 21.3. The fourth-order valence-electron chi connectivity index (χ4n) is 5.38. The van der Waals surface area contributed by atoms with Crippen LogP contribution in [-0.4, -0.2) is 30.4 Å². The molecule has 6 rings (SSSR count). The Labute approximate surface area is 206 Å². The summed E-state index contributed by atoms with van der Waals surface area (Å²) in [4.78, 5) is 45.4. The van der Waals surface area contributed by atoms with Crippen LogP contribution in [0.1, 0.15) is 27.2 Å². The SMILES string of the molecule is C=CCN1C(=O)C2(c3ccccc31)c1c(oc3ccccc3c1=O)C(=O)N2Cc1ccc(OC)cc1. The molecular weight excluding hydrogens is 456 g/mol. The number of hydrogen-bond donors (Lipinski definition) is 0. The van der Waals surface area contributed by atoms with Crippen LogP contribution in [0, 0.1) is 0 Å². The Hall–Kier alpha value is -4.65. The Morgan fingerprint density at radius 3 is 2.44 bits per heavy atom. The number of anilines is 1. The number of fused-ring (bicyclic) bond motifs is 5. The van der Waals surface area contributed by atoms with Gasteiger partial charge in [0.25, 0.3) is 11.8 Å². The molecule has 0 N–H and O–H groups in total. The van der Waals surface area contributed by atoms with Gasteiger partial charge in [0.05, 0.1) is 23.7 Å². The summed E-state index contributed by atoms with van der Waals surface area (Å²) in [5, 5.41) is 0.321. The Morgan fingerprint density at radius 2 is 1.69 bits per heavy atom. The highest BCUT2D eigenvalue weighted by atomic mass is 16.5. The van der Waals surface area contributed by atoms with Crippen LogP contribution >= 0.6 is 0 Å². The van der Waals surface area contributed by atoms with E-state index in [-0.39, 0.29) is 35.7 Å². The maximum Gasteiger partial charge on any atom is 0.291 e. The summed E-state index contributed by atoms with van der Waals surface area (Å²) >= 11 is 0. The largest absolute Gasteiger partial charge is 0.497 e. The third kappa shape index (κ3) is 2.77. The summed E-state index contributed by atoms with van der Waals surface area (Å²) in [5.74, 6) is -0.318. The van der Waals surface area contributed by atoms with E-state index in [9.17, 15) is 14.4 Å². The average Bonchev–Trinajstić information content (AvgIpc) is 3.30. The Kier molecular flexibility index (Phi) is 4.83. The molecule has 0 aliphatic carbocycles. The summed E-state index contributed by atoms with van der Waals surface area (Å²) < 4.78 is 11.3. The molecule has 3 heterocycles. The van der Waals surface area contributed by atoms with Gasteiger partial charge in [0.1, 0.15) is 11.3 Å². The van der Waals surface area contributed by atoms with Crippen molar-refractivity contribution in [1.29, 1.82) is 0 Å². The van der Waals surface area contributed by atoms with E-state index in [0.717, 1.165) is 5.56 Å². The van der Waals surface area contributed by atoms with Crippen molar-refractivity contribution in [3.8, 4) is 5.75 Å². The molecule has 0 fully saturated rings. The van der Waals surface area contributed by atoms with Crippen LogP contribution in [0.5, 0.6) is 5.75 Å². The third-order valence-corrected chi connectivity index (χ3v) is 6.95. The predicted molar refractivity (Wildman–Crippen MR) is 135 cm³/mol. The summed E-state index contributed by atoms with van der Waals surface area (Å²) in [5.41, 5.74) is 0.301. The maximum atomic E-state index is 14.4. The standard InChI is InChI=1S/C29H22N2O5/c1-3-16-30-22-10-6-5-9-21(22)29(28(30)34)24-25(32)20-8-4-7-11-23(20)36-26(24)27(33)31(29)17-18-12-14-19(35-2)15-13-18/h3-15H,1,16-17H2,2H3. The first-order valence-electron chi connectivity index (χ1n) is 11.6. The van der Waals surface area contributed by atoms with E-state index in [1.165, 1.54) is 4.90 Å². The molecule has 1 atom stereocenters. The number of methoxy groups -OCH3 is 1. The van der Waals surface area contributed by atoms with Gasteiger partial charge < -0.3 is 19.0 Å². The van der Waals surface area contributed by atoms with Gasteiger partial charge in [-0.15, -0.1) is 6.58 Å². The quantitative estimate of drug-likeness (QED) is 0.401. The molecule has 0 radical (unpaired) electrons. The second kappa shape index (κ2) is 7.95. The highest BCUT2D eigenvalue weighted by Gasteiger charge is 2.64. The zero-order chi connectivity index (χ0) is 25.0. The minimum Gasteiger partial charge on any atom is -0.497 e. The lowest BCUT2D eigenvalue weighted by Gasteiger charge is -2.34. The van der Waals surface area contributed by atoms with E-state index in [1.54, 1.807) is 60.6 Å². The number of nitrogens with zero attached hydrogens (tertiary/aromatic N) is 2. The molecule has 2 amide bonds. The van der Waals surface area contributed by atoms with Gasteiger partial charge in [-0.05, 0) is 35.9 Å². The molecule has 7 nitrogen and oxygen atoms in total. The lowest BCUT2D eigenvalue weighted by Crippen LogP contribution is -2.53. The lowest BCUT2D eigenvalue weighted by atomic mass is 9.83. The zero-order valence-corrected chi connectivity index (χ0v) is 19.6. The molecule has 0 saturated carbocycles. The maximum absolute atomic E-state index is 14.4. The molecule has 1 unspecified atom stereocenters. The van der Waals surface area contributed by atoms with Crippen molar-refractivity contribution < 1.29 is 18.7 Å². The fraction of sp³-hybridized carbons (Fsp3) is 0.138. The van der Waals surface area contributed by atoms with Crippen molar-refractivity contribution in [2.75, 3.05) is 18.6 Å². The molecule has 1 aromatic heterocycles. The summed E-state index contributed by atoms with van der Waals surface area (Å²) in [6.07, 6.45) is 1.63. The van der Waals surface area contributed by atoms with Gasteiger partial charge in [-0.2, -0.15) is 0 Å². The van der Waals surface area contributed by atoms with Crippen LogP contribution in [0.2, 0.25) is 0 Å². The molecule has 1 spiro atoms. The molecule has 3 aromatic carbocycles. The molecule has 2 aliphatic heterocycles. The molecular formula is C29H22N2O5. The van der Waals surface area contributed by atoms with Crippen molar-refractivity contribution in [3.63, 3.8) is 0 Å². The number of ether oxygens (including phenoxy) is 1. The summed E-state index contributed by atoms with van der Waals surface area (Å²) in [6.45, 7) is 4.12. The predicted octanol–water partition coefficient (Wildman–Crippen LogP) is 4.23. The van der Waals surface area contributed by atoms with Gasteiger partial charge in [0, 0.05) is 18.7 Å². The fourth-order valence-corrected chi connectivity index (χ4v) is 5.38. The Morgan fingerprint density at radius 1 is 0.972 bits per heavy atom. The van der Waals surface area contributed by atoms with Gasteiger partial charge in [0.15, 0.2) is 11.0 Å². The second-order valence-electron chi connectivity index (χ2n) is 8.80. The van der Waals surface area contributed by atoms with Crippen LogP contribution in [0.15, 0.2) is 94.7 Å². The number of carbonyl (C=O) groups is 2. The van der Waals surface area contributed by atoms with E-state index in [4.69, 9.17) is 9.15 Å². The van der Waals surface area contributed by atoms with Crippen molar-refractivity contribution in [2.24, 2.45) is 0 Å². The third-order valence-electron chi connectivity index (χ3n) is 6.95. The Bertz CT molecular complexity index is 1620. The molecule has 4 aromatic rings. The van der Waals surface area contributed by atoms with Crippen LogP contribution in [0.3, 0.4) is 0 Å². The number of para-hydroxylation sites is 2. The monoisotopic (exact) mass is 478 g/mol. The number of carbonyl (C=O) groups excluding carboxylic acids is 2. The van der Waals surface area contributed by atoms with E-state index < -0.39 is 11.4 Å². The first kappa shape index (κ1) is 21.9. The van der Waals surface area contributed by atoms with Gasteiger partial charge >= 0.3 is 0 Å². The molecule has 0 saturated heterocycles. The molecule has 0 bridgehead atoms. The van der Waals surface area contributed by atoms with E-state index in [2.05, 4.69) is 6.58 Å². The Balaban J connectivity index is 1.66. The molecule has 36 heavy (non-hydrogen) atoms. The van der Waals surface area contributed by atoms with Gasteiger partial charge in [0.2, 0.25) is 5.76 Å². The van der Waals surface area contributed by atoms with Gasteiger partial charge in [-0.25, -0.2) is 0 Å². The van der Waals surface area contributed by atoms with Crippen molar-refractivity contribution in [3.05, 3.63) is 118 Å². The minimum absolute atomic E-state index is 0.0590. The topological polar surface area (TPSA) is 80.1 Å². The van der Waals surface area contributed by atoms with Crippen LogP contribution < -0.4 is 15.1 Å². The smallest absolute Gasteiger partial charge is 0.291 e. The summed E-state index contributed by atoms with van der Waals surface area (Å²) in [7, 11) is 1.58. The first-order chi connectivity index (χ1) is 17.5. The highest BCUT2D eigenvalue weighted by Crippen LogP contribution is 2.53. The first-order valence-corrected chi connectivity index (χ1v) is 11.6. The van der Waals surface area contributed by atoms with Crippen molar-refractivity contribution in [2.45, 2.75) is 12.1 Å². The number of amides is 2. The van der Waals surface area contributed by atoms with Gasteiger partial charge in [-0.3, -0.25) is 14.4 Å². The van der Waals surface area contributed by atoms with E-state index >= 15 is 0 Å². The normalized spacial score (nSPS) is 18.1. The van der Waals surface area contributed by atoms with E-state index in [0.29, 0.717) is 28.0 Å². The van der Waals surface area contributed by atoms with Crippen LogP contribution in [0.4, 0.5) is 5.69 Å². The second-order valence-corrected chi connectivity index (χ2v) is 8.80. The minimum atomic E-state index is -1.66. The highest BCUT2D eigenvalue weighted by molar-refractivity contribution is 6.17. The van der Waals surface area contributed by atoms with Crippen LogP contribution in [0.25, 0.3) is 11.0 Å². The molecule has 178 valence electrons. The van der Waals surface area contributed by atoms with E-state index in [1.807, 2.05) is 30.3 Å². The number of hydrogen-bond acceptors (Lipinski definition) is 5. The van der Waals surface area contributed by atoms with Crippen LogP contribution in [-0.2, 0) is 16.9 Å². The van der Waals surface area contributed by atoms with Gasteiger partial charge in [-0.1, -0.05) is 48.5 Å². The van der Waals surface area contributed by atoms with Crippen molar-refractivity contribution >= 4 is 28.5 Å². The molecule has 2 aliphatic rings. The number of benzene rings is 3. The number of rotatable bonds is 5. The average molecular weight is 479 g/mol. The lowest BCUT2D eigenvalue weighted by molar-refractivity contribution is -0.126. The zero-order valence-electron chi connectivity index (χ0n) is 19.6. The van der Waals surface area contributed by atoms with Crippen molar-refractivity contribution in [1.82, 2.24) is 4.90 Å².